The average molecular weight is 199 g/mol. The maximum Gasteiger partial charge on any atom is 0.333 e. The second-order valence-electron chi connectivity index (χ2n) is 3.81. The van der Waals surface area contributed by atoms with Crippen molar-refractivity contribution in [2.75, 3.05) is 13.2 Å². The van der Waals surface area contributed by atoms with E-state index in [1.807, 2.05) is 0 Å². The van der Waals surface area contributed by atoms with Gasteiger partial charge in [-0.3, -0.25) is 0 Å². The van der Waals surface area contributed by atoms with Gasteiger partial charge in [0.2, 0.25) is 0 Å². The molecule has 3 heteroatoms. The summed E-state index contributed by atoms with van der Waals surface area (Å²) in [6, 6.07) is 0. The zero-order valence-electron chi connectivity index (χ0n) is 9.21. The summed E-state index contributed by atoms with van der Waals surface area (Å²) in [7, 11) is 0. The monoisotopic (exact) mass is 199 g/mol. The SMILES string of the molecule is C=C(CCCC(C)C)C(=O)OCCN. The Balaban J connectivity index is 3.57. The highest BCUT2D eigenvalue weighted by Gasteiger charge is 2.07. The molecule has 0 radical (unpaired) electrons. The highest BCUT2D eigenvalue weighted by atomic mass is 16.5. The van der Waals surface area contributed by atoms with Crippen LogP contribution in [0.15, 0.2) is 12.2 Å². The molecule has 0 saturated carbocycles. The molecule has 0 atom stereocenters. The van der Waals surface area contributed by atoms with Gasteiger partial charge < -0.3 is 10.5 Å². The lowest BCUT2D eigenvalue weighted by atomic mass is 10.0. The Morgan fingerprint density at radius 2 is 2.14 bits per heavy atom. The molecule has 0 aromatic carbocycles. The summed E-state index contributed by atoms with van der Waals surface area (Å²) >= 11 is 0. The van der Waals surface area contributed by atoms with Crippen molar-refractivity contribution < 1.29 is 9.53 Å². The molecule has 0 aliphatic heterocycles. The number of nitrogens with two attached hydrogens (primary N) is 1. The normalized spacial score (nSPS) is 10.3. The van der Waals surface area contributed by atoms with Crippen LogP contribution in [0.1, 0.15) is 33.1 Å². The molecule has 0 aromatic rings. The third-order valence-electron chi connectivity index (χ3n) is 1.90. The number of hydrogen-bond acceptors (Lipinski definition) is 3. The van der Waals surface area contributed by atoms with Crippen LogP contribution >= 0.6 is 0 Å². The molecule has 3 nitrogen and oxygen atoms in total. The van der Waals surface area contributed by atoms with Gasteiger partial charge in [0, 0.05) is 12.1 Å². The molecule has 0 bridgehead atoms. The van der Waals surface area contributed by atoms with Gasteiger partial charge in [0.05, 0.1) is 0 Å². The Labute approximate surface area is 86.3 Å². The smallest absolute Gasteiger partial charge is 0.333 e. The standard InChI is InChI=1S/C11H21NO2/c1-9(2)5-4-6-10(3)11(13)14-8-7-12/h9H,3-8,12H2,1-2H3. The van der Waals surface area contributed by atoms with Crippen LogP contribution in [0.3, 0.4) is 0 Å². The molecule has 0 heterocycles. The zero-order valence-corrected chi connectivity index (χ0v) is 9.21. The fourth-order valence-electron chi connectivity index (χ4n) is 1.08. The van der Waals surface area contributed by atoms with E-state index in [9.17, 15) is 4.79 Å². The molecule has 0 aliphatic rings. The number of ether oxygens (including phenoxy) is 1. The Morgan fingerprint density at radius 1 is 1.50 bits per heavy atom. The molecule has 0 rings (SSSR count). The van der Waals surface area contributed by atoms with Crippen molar-refractivity contribution in [3.8, 4) is 0 Å². The van der Waals surface area contributed by atoms with E-state index < -0.39 is 0 Å². The number of esters is 1. The Bertz CT molecular complexity index is 188. The molecule has 0 amide bonds. The van der Waals surface area contributed by atoms with Crippen molar-refractivity contribution >= 4 is 5.97 Å². The van der Waals surface area contributed by atoms with Gasteiger partial charge >= 0.3 is 5.97 Å². The van der Waals surface area contributed by atoms with Gasteiger partial charge in [-0.05, 0) is 18.8 Å². The summed E-state index contributed by atoms with van der Waals surface area (Å²) in [5.74, 6) is 0.363. The van der Waals surface area contributed by atoms with Crippen LogP contribution in [-0.2, 0) is 9.53 Å². The first kappa shape index (κ1) is 13.2. The average Bonchev–Trinajstić information content (AvgIpc) is 2.13. The summed E-state index contributed by atoms with van der Waals surface area (Å²) in [6.07, 6.45) is 2.83. The van der Waals surface area contributed by atoms with E-state index in [0.29, 0.717) is 18.0 Å². The second kappa shape index (κ2) is 7.56. The Hall–Kier alpha value is -0.830. The van der Waals surface area contributed by atoms with Crippen molar-refractivity contribution in [1.29, 1.82) is 0 Å². The van der Waals surface area contributed by atoms with Gasteiger partial charge in [-0.2, -0.15) is 0 Å². The predicted octanol–water partition coefficient (Wildman–Crippen LogP) is 1.87. The van der Waals surface area contributed by atoms with Crippen LogP contribution in [-0.4, -0.2) is 19.1 Å². The van der Waals surface area contributed by atoms with Gasteiger partial charge in [-0.15, -0.1) is 0 Å². The highest BCUT2D eigenvalue weighted by molar-refractivity contribution is 5.87. The Morgan fingerprint density at radius 3 is 2.64 bits per heavy atom. The number of carbonyl (C=O) groups excluding carboxylic acids is 1. The molecule has 14 heavy (non-hydrogen) atoms. The van der Waals surface area contributed by atoms with E-state index in [0.717, 1.165) is 19.3 Å². The van der Waals surface area contributed by atoms with Crippen LogP contribution < -0.4 is 5.73 Å². The molecule has 0 unspecified atom stereocenters. The van der Waals surface area contributed by atoms with Gasteiger partial charge in [0.25, 0.3) is 0 Å². The van der Waals surface area contributed by atoms with E-state index in [2.05, 4.69) is 20.4 Å². The van der Waals surface area contributed by atoms with Crippen LogP contribution in [0.2, 0.25) is 0 Å². The highest BCUT2D eigenvalue weighted by Crippen LogP contribution is 2.11. The van der Waals surface area contributed by atoms with E-state index in [4.69, 9.17) is 10.5 Å². The fourth-order valence-corrected chi connectivity index (χ4v) is 1.08. The maximum atomic E-state index is 11.2. The minimum Gasteiger partial charge on any atom is -0.461 e. The van der Waals surface area contributed by atoms with Crippen molar-refractivity contribution in [2.45, 2.75) is 33.1 Å². The molecule has 0 spiro atoms. The number of rotatable bonds is 7. The molecular weight excluding hydrogens is 178 g/mol. The first-order chi connectivity index (χ1) is 6.57. The number of carbonyl (C=O) groups is 1. The van der Waals surface area contributed by atoms with Gasteiger partial charge in [-0.1, -0.05) is 26.8 Å². The summed E-state index contributed by atoms with van der Waals surface area (Å²) in [5.41, 5.74) is 5.76. The van der Waals surface area contributed by atoms with Crippen LogP contribution in [0.4, 0.5) is 0 Å². The summed E-state index contributed by atoms with van der Waals surface area (Å²) in [4.78, 5) is 11.2. The topological polar surface area (TPSA) is 52.3 Å². The maximum absolute atomic E-state index is 11.2. The second-order valence-corrected chi connectivity index (χ2v) is 3.81. The van der Waals surface area contributed by atoms with Crippen molar-refractivity contribution in [2.24, 2.45) is 11.7 Å². The summed E-state index contributed by atoms with van der Waals surface area (Å²) < 4.78 is 4.85. The van der Waals surface area contributed by atoms with Crippen LogP contribution in [0, 0.1) is 5.92 Å². The predicted molar refractivity (Wildman–Crippen MR) is 57.8 cm³/mol. The van der Waals surface area contributed by atoms with E-state index >= 15 is 0 Å². The van der Waals surface area contributed by atoms with Gasteiger partial charge in [-0.25, -0.2) is 4.79 Å². The quantitative estimate of drug-likeness (QED) is 0.503. The largest absolute Gasteiger partial charge is 0.461 e. The van der Waals surface area contributed by atoms with Crippen LogP contribution in [0.5, 0.6) is 0 Å². The van der Waals surface area contributed by atoms with Gasteiger partial charge in [0.15, 0.2) is 0 Å². The Kier molecular flexibility index (Phi) is 7.11. The molecule has 0 aliphatic carbocycles. The fraction of sp³-hybridized carbons (Fsp3) is 0.727. The minimum atomic E-state index is -0.306. The van der Waals surface area contributed by atoms with Crippen molar-refractivity contribution in [3.05, 3.63) is 12.2 Å². The molecule has 0 fully saturated rings. The molecule has 0 aromatic heterocycles. The third-order valence-corrected chi connectivity index (χ3v) is 1.90. The zero-order chi connectivity index (χ0) is 11.0. The molecule has 2 N–H and O–H groups in total. The van der Waals surface area contributed by atoms with Crippen molar-refractivity contribution in [1.82, 2.24) is 0 Å². The lowest BCUT2D eigenvalue weighted by molar-refractivity contribution is -0.138. The first-order valence-corrected chi connectivity index (χ1v) is 5.13. The first-order valence-electron chi connectivity index (χ1n) is 5.13. The van der Waals surface area contributed by atoms with Crippen molar-refractivity contribution in [3.63, 3.8) is 0 Å². The summed E-state index contributed by atoms with van der Waals surface area (Å²) in [6.45, 7) is 8.66. The lowest BCUT2D eigenvalue weighted by Crippen LogP contribution is -2.14. The molecule has 82 valence electrons. The van der Waals surface area contributed by atoms with Crippen LogP contribution in [0.25, 0.3) is 0 Å². The lowest BCUT2D eigenvalue weighted by Gasteiger charge is -2.07. The van der Waals surface area contributed by atoms with E-state index in [-0.39, 0.29) is 12.6 Å². The number of hydrogen-bond donors (Lipinski definition) is 1. The molecular formula is C11H21NO2. The van der Waals surface area contributed by atoms with Gasteiger partial charge in [0.1, 0.15) is 6.61 Å². The van der Waals surface area contributed by atoms with E-state index in [1.54, 1.807) is 0 Å². The minimum absolute atomic E-state index is 0.280. The third kappa shape index (κ3) is 6.66. The summed E-state index contributed by atoms with van der Waals surface area (Å²) in [5, 5.41) is 0. The van der Waals surface area contributed by atoms with E-state index in [1.165, 1.54) is 0 Å². The molecule has 0 saturated heterocycles.